The molecule has 0 spiro atoms. The highest BCUT2D eigenvalue weighted by atomic mass is 16.6. The minimum absolute atomic E-state index is 0.00126. The topological polar surface area (TPSA) is 61.6 Å². The average molecular weight is 215 g/mol. The van der Waals surface area contributed by atoms with E-state index in [4.69, 9.17) is 15.2 Å². The summed E-state index contributed by atoms with van der Waals surface area (Å²) in [5, 5.41) is 0. The number of carbonyl (C=O) groups excluding carboxylic acids is 1. The predicted octanol–water partition coefficient (Wildman–Crippen LogP) is 1.08. The maximum absolute atomic E-state index is 11.6. The second-order valence-corrected chi connectivity index (χ2v) is 4.16. The van der Waals surface area contributed by atoms with E-state index < -0.39 is 6.04 Å². The molecule has 2 atom stereocenters. The van der Waals surface area contributed by atoms with E-state index in [2.05, 4.69) is 0 Å². The lowest BCUT2D eigenvalue weighted by Crippen LogP contribution is -2.40. The molecule has 1 aliphatic heterocycles. The van der Waals surface area contributed by atoms with E-state index in [-0.39, 0.29) is 18.0 Å². The molecule has 0 aromatic carbocycles. The van der Waals surface area contributed by atoms with Crippen molar-refractivity contribution in [1.82, 2.24) is 0 Å². The number of esters is 1. The summed E-state index contributed by atoms with van der Waals surface area (Å²) < 4.78 is 10.5. The van der Waals surface area contributed by atoms with E-state index in [0.29, 0.717) is 13.2 Å². The Bertz CT molecular complexity index is 202. The van der Waals surface area contributed by atoms with Crippen LogP contribution in [0.25, 0.3) is 0 Å². The Kier molecular flexibility index (Phi) is 5.05. The Labute approximate surface area is 91.1 Å². The molecule has 1 rings (SSSR count). The first-order valence-corrected chi connectivity index (χ1v) is 5.69. The molecule has 4 nitrogen and oxygen atoms in total. The molecule has 0 saturated carbocycles. The first-order chi connectivity index (χ1) is 7.15. The summed E-state index contributed by atoms with van der Waals surface area (Å²) in [5.41, 5.74) is 5.78. The number of ether oxygens (including phenoxy) is 2. The van der Waals surface area contributed by atoms with Gasteiger partial charge in [0.15, 0.2) is 0 Å². The number of hydrogen-bond donors (Lipinski definition) is 1. The Balaban J connectivity index is 2.33. The fraction of sp³-hybridized carbons (Fsp3) is 0.909. The first kappa shape index (κ1) is 12.5. The Morgan fingerprint density at radius 3 is 2.67 bits per heavy atom. The van der Waals surface area contributed by atoms with Gasteiger partial charge in [-0.05, 0) is 5.92 Å². The summed E-state index contributed by atoms with van der Waals surface area (Å²) in [6, 6.07) is -0.488. The molecule has 2 N–H and O–H groups in total. The van der Waals surface area contributed by atoms with E-state index in [0.717, 1.165) is 19.3 Å². The van der Waals surface area contributed by atoms with Crippen LogP contribution in [-0.2, 0) is 14.3 Å². The summed E-state index contributed by atoms with van der Waals surface area (Å²) in [7, 11) is 0. The Morgan fingerprint density at radius 2 is 2.13 bits per heavy atom. The molecular weight excluding hydrogens is 194 g/mol. The summed E-state index contributed by atoms with van der Waals surface area (Å²) >= 11 is 0. The Hall–Kier alpha value is -0.610. The normalized spacial score (nSPS) is 22.1. The van der Waals surface area contributed by atoms with Crippen molar-refractivity contribution < 1.29 is 14.3 Å². The van der Waals surface area contributed by atoms with Gasteiger partial charge in [-0.1, -0.05) is 20.3 Å². The van der Waals surface area contributed by atoms with Crippen LogP contribution in [-0.4, -0.2) is 31.3 Å². The van der Waals surface area contributed by atoms with E-state index in [1.807, 2.05) is 13.8 Å². The fourth-order valence-corrected chi connectivity index (χ4v) is 1.52. The quantitative estimate of drug-likeness (QED) is 0.713. The van der Waals surface area contributed by atoms with Gasteiger partial charge in [0.05, 0.1) is 13.2 Å². The smallest absolute Gasteiger partial charge is 0.323 e. The molecule has 0 aromatic heterocycles. The van der Waals surface area contributed by atoms with Crippen LogP contribution in [0.15, 0.2) is 0 Å². The van der Waals surface area contributed by atoms with Gasteiger partial charge in [-0.15, -0.1) is 0 Å². The highest BCUT2D eigenvalue weighted by Gasteiger charge is 2.25. The van der Waals surface area contributed by atoms with Gasteiger partial charge in [-0.2, -0.15) is 0 Å². The lowest BCUT2D eigenvalue weighted by Gasteiger charge is -2.25. The molecule has 0 radical (unpaired) electrons. The van der Waals surface area contributed by atoms with Crippen molar-refractivity contribution in [3.8, 4) is 0 Å². The zero-order chi connectivity index (χ0) is 11.3. The van der Waals surface area contributed by atoms with Crippen molar-refractivity contribution in [3.05, 3.63) is 0 Å². The van der Waals surface area contributed by atoms with Crippen molar-refractivity contribution in [2.45, 2.75) is 45.3 Å². The predicted molar refractivity (Wildman–Crippen MR) is 57.4 cm³/mol. The van der Waals surface area contributed by atoms with Crippen LogP contribution in [0.5, 0.6) is 0 Å². The van der Waals surface area contributed by atoms with Gasteiger partial charge in [-0.3, -0.25) is 4.79 Å². The zero-order valence-corrected chi connectivity index (χ0v) is 9.57. The maximum Gasteiger partial charge on any atom is 0.323 e. The molecule has 0 bridgehead atoms. The van der Waals surface area contributed by atoms with Crippen LogP contribution in [0, 0.1) is 5.92 Å². The van der Waals surface area contributed by atoms with E-state index in [1.165, 1.54) is 0 Å². The summed E-state index contributed by atoms with van der Waals surface area (Å²) in [5.74, 6) is -0.0893. The second kappa shape index (κ2) is 6.08. The lowest BCUT2D eigenvalue weighted by atomic mass is 10.0. The molecule has 1 heterocycles. The number of carbonyl (C=O) groups is 1. The number of nitrogens with two attached hydrogens (primary N) is 1. The van der Waals surface area contributed by atoms with E-state index >= 15 is 0 Å². The van der Waals surface area contributed by atoms with Gasteiger partial charge in [0.1, 0.15) is 12.1 Å². The fourth-order valence-electron chi connectivity index (χ4n) is 1.52. The van der Waals surface area contributed by atoms with Gasteiger partial charge < -0.3 is 15.2 Å². The molecular formula is C11H21NO3. The van der Waals surface area contributed by atoms with Gasteiger partial charge in [0.25, 0.3) is 0 Å². The summed E-state index contributed by atoms with van der Waals surface area (Å²) in [6.07, 6.45) is 2.48. The highest BCUT2D eigenvalue weighted by molar-refractivity contribution is 5.76. The van der Waals surface area contributed by atoms with E-state index in [9.17, 15) is 4.79 Å². The van der Waals surface area contributed by atoms with Crippen molar-refractivity contribution >= 4 is 5.97 Å². The minimum atomic E-state index is -0.488. The molecule has 1 fully saturated rings. The average Bonchev–Trinajstić information content (AvgIpc) is 2.28. The summed E-state index contributed by atoms with van der Waals surface area (Å²) in [4.78, 5) is 11.6. The van der Waals surface area contributed by atoms with Crippen molar-refractivity contribution in [3.63, 3.8) is 0 Å². The standard InChI is InChI=1S/C11H21NO3/c1-3-8(2)10(12)11(13)15-9-4-6-14-7-5-9/h8-10H,3-7,12H2,1-2H3. The van der Waals surface area contributed by atoms with Crippen LogP contribution < -0.4 is 5.73 Å². The SMILES string of the molecule is CCC(C)C(N)C(=O)OC1CCOCC1. The third-order valence-electron chi connectivity index (χ3n) is 2.98. The van der Waals surface area contributed by atoms with Crippen molar-refractivity contribution in [2.24, 2.45) is 11.7 Å². The molecule has 1 saturated heterocycles. The largest absolute Gasteiger partial charge is 0.461 e. The minimum Gasteiger partial charge on any atom is -0.461 e. The second-order valence-electron chi connectivity index (χ2n) is 4.16. The molecule has 1 aliphatic rings. The number of rotatable bonds is 4. The van der Waals surface area contributed by atoms with Crippen LogP contribution >= 0.6 is 0 Å². The van der Waals surface area contributed by atoms with Gasteiger partial charge in [0, 0.05) is 12.8 Å². The third-order valence-corrected chi connectivity index (χ3v) is 2.98. The van der Waals surface area contributed by atoms with Gasteiger partial charge >= 0.3 is 5.97 Å². The molecule has 0 aliphatic carbocycles. The molecule has 2 unspecified atom stereocenters. The molecule has 88 valence electrons. The van der Waals surface area contributed by atoms with Gasteiger partial charge in [-0.25, -0.2) is 0 Å². The van der Waals surface area contributed by atoms with Crippen LogP contribution in [0.3, 0.4) is 0 Å². The van der Waals surface area contributed by atoms with Crippen molar-refractivity contribution in [1.29, 1.82) is 0 Å². The molecule has 4 heteroatoms. The van der Waals surface area contributed by atoms with Crippen molar-refractivity contribution in [2.75, 3.05) is 13.2 Å². The molecule has 15 heavy (non-hydrogen) atoms. The maximum atomic E-state index is 11.6. The first-order valence-electron chi connectivity index (χ1n) is 5.69. The Morgan fingerprint density at radius 1 is 1.53 bits per heavy atom. The molecule has 0 amide bonds. The lowest BCUT2D eigenvalue weighted by molar-refractivity contribution is -0.156. The highest BCUT2D eigenvalue weighted by Crippen LogP contribution is 2.14. The summed E-state index contributed by atoms with van der Waals surface area (Å²) in [6.45, 7) is 5.34. The third kappa shape index (κ3) is 3.80. The number of hydrogen-bond acceptors (Lipinski definition) is 4. The van der Waals surface area contributed by atoms with Crippen LogP contribution in [0.1, 0.15) is 33.1 Å². The van der Waals surface area contributed by atoms with Crippen LogP contribution in [0.2, 0.25) is 0 Å². The molecule has 0 aromatic rings. The monoisotopic (exact) mass is 215 g/mol. The zero-order valence-electron chi connectivity index (χ0n) is 9.57. The van der Waals surface area contributed by atoms with E-state index in [1.54, 1.807) is 0 Å². The van der Waals surface area contributed by atoms with Gasteiger partial charge in [0.2, 0.25) is 0 Å². The van der Waals surface area contributed by atoms with Crippen LogP contribution in [0.4, 0.5) is 0 Å².